The average Bonchev–Trinajstić information content (AvgIpc) is 2.16. The van der Waals surface area contributed by atoms with E-state index in [0.29, 0.717) is 11.8 Å². The zero-order valence-corrected chi connectivity index (χ0v) is 7.84. The Morgan fingerprint density at radius 1 is 1.08 bits per heavy atom. The summed E-state index contributed by atoms with van der Waals surface area (Å²) in [5.74, 6) is 2.15. The molecule has 0 aromatic carbocycles. The summed E-state index contributed by atoms with van der Waals surface area (Å²) in [6, 6.07) is 0. The van der Waals surface area contributed by atoms with Crippen molar-refractivity contribution >= 4 is 0 Å². The predicted molar refractivity (Wildman–Crippen MR) is 54.7 cm³/mol. The molecule has 1 saturated carbocycles. The molecule has 1 aliphatic carbocycles. The van der Waals surface area contributed by atoms with Crippen LogP contribution < -0.4 is 0 Å². The molecule has 0 heterocycles. The molecule has 1 rings (SSSR count). The van der Waals surface area contributed by atoms with Gasteiger partial charge in [-0.05, 0) is 37.0 Å². The Labute approximate surface area is 76.4 Å². The lowest BCUT2D eigenvalue weighted by Crippen LogP contribution is -2.21. The fourth-order valence-corrected chi connectivity index (χ4v) is 2.15. The predicted octanol–water partition coefficient (Wildman–Crippen LogP) is 3.62. The molecular formula is C12H19. The highest BCUT2D eigenvalue weighted by Crippen LogP contribution is 2.36. The smallest absolute Gasteiger partial charge is 0.0171 e. The molecule has 0 saturated heterocycles. The highest BCUT2D eigenvalue weighted by atomic mass is 14.3. The summed E-state index contributed by atoms with van der Waals surface area (Å²) in [5, 5.41) is 0. The molecular weight excluding hydrogens is 144 g/mol. The van der Waals surface area contributed by atoms with Crippen molar-refractivity contribution in [3.05, 3.63) is 32.2 Å². The van der Waals surface area contributed by atoms with E-state index in [4.69, 9.17) is 0 Å². The summed E-state index contributed by atoms with van der Waals surface area (Å²) < 4.78 is 0. The van der Waals surface area contributed by atoms with Crippen molar-refractivity contribution < 1.29 is 0 Å². The molecule has 1 aliphatic rings. The molecule has 3 unspecified atom stereocenters. The van der Waals surface area contributed by atoms with Crippen LogP contribution in [0, 0.1) is 24.7 Å². The fraction of sp³-hybridized carbons (Fsp3) is 0.583. The van der Waals surface area contributed by atoms with Crippen LogP contribution in [0.4, 0.5) is 0 Å². The topological polar surface area (TPSA) is 0 Å². The first kappa shape index (κ1) is 9.57. The standard InChI is InChI=1S/C12H19/c1-4-10-7-8-11(5-2)12(6-3)9-10/h5-6,10-12H,1-4,7-9H2. The van der Waals surface area contributed by atoms with Gasteiger partial charge in [-0.15, -0.1) is 13.2 Å². The molecule has 12 heavy (non-hydrogen) atoms. The van der Waals surface area contributed by atoms with E-state index < -0.39 is 0 Å². The maximum Gasteiger partial charge on any atom is -0.0171 e. The van der Waals surface area contributed by atoms with Gasteiger partial charge in [0.25, 0.3) is 0 Å². The van der Waals surface area contributed by atoms with E-state index in [0.717, 1.165) is 12.3 Å². The molecule has 1 radical (unpaired) electrons. The van der Waals surface area contributed by atoms with Gasteiger partial charge in [-0.1, -0.05) is 25.5 Å². The van der Waals surface area contributed by atoms with Crippen LogP contribution in [-0.4, -0.2) is 0 Å². The lowest BCUT2D eigenvalue weighted by atomic mass is 9.73. The van der Waals surface area contributed by atoms with Gasteiger partial charge in [-0.25, -0.2) is 0 Å². The Balaban J connectivity index is 2.52. The molecule has 0 aromatic rings. The van der Waals surface area contributed by atoms with Gasteiger partial charge < -0.3 is 0 Å². The average molecular weight is 163 g/mol. The second-order valence-corrected chi connectivity index (χ2v) is 3.77. The van der Waals surface area contributed by atoms with Gasteiger partial charge in [0, 0.05) is 0 Å². The molecule has 67 valence electrons. The first-order valence-electron chi connectivity index (χ1n) is 4.86. The summed E-state index contributed by atoms with van der Waals surface area (Å²) in [7, 11) is 0. The van der Waals surface area contributed by atoms with Gasteiger partial charge in [0.05, 0.1) is 0 Å². The van der Waals surface area contributed by atoms with Crippen LogP contribution in [0.3, 0.4) is 0 Å². The number of rotatable bonds is 3. The lowest BCUT2D eigenvalue weighted by Gasteiger charge is -2.32. The van der Waals surface area contributed by atoms with Crippen LogP contribution in [0.15, 0.2) is 25.3 Å². The van der Waals surface area contributed by atoms with E-state index in [-0.39, 0.29) is 0 Å². The van der Waals surface area contributed by atoms with Gasteiger partial charge in [0.2, 0.25) is 0 Å². The van der Waals surface area contributed by atoms with Crippen LogP contribution in [0.2, 0.25) is 0 Å². The van der Waals surface area contributed by atoms with Gasteiger partial charge in [-0.2, -0.15) is 0 Å². The summed E-state index contributed by atoms with van der Waals surface area (Å²) in [6.45, 7) is 11.7. The van der Waals surface area contributed by atoms with Crippen LogP contribution in [0.25, 0.3) is 0 Å². The Morgan fingerprint density at radius 2 is 1.75 bits per heavy atom. The lowest BCUT2D eigenvalue weighted by molar-refractivity contribution is 0.253. The highest BCUT2D eigenvalue weighted by Gasteiger charge is 2.25. The number of hydrogen-bond acceptors (Lipinski definition) is 0. The van der Waals surface area contributed by atoms with Crippen molar-refractivity contribution in [3.63, 3.8) is 0 Å². The summed E-state index contributed by atoms with van der Waals surface area (Å²) in [5.41, 5.74) is 0. The Bertz CT molecular complexity index is 157. The van der Waals surface area contributed by atoms with Gasteiger partial charge >= 0.3 is 0 Å². The molecule has 0 nitrogen and oxygen atoms in total. The van der Waals surface area contributed by atoms with Gasteiger partial charge in [0.1, 0.15) is 0 Å². The van der Waals surface area contributed by atoms with E-state index in [1.807, 2.05) is 0 Å². The Morgan fingerprint density at radius 3 is 2.25 bits per heavy atom. The number of allylic oxidation sites excluding steroid dienone is 2. The molecule has 0 heteroatoms. The van der Waals surface area contributed by atoms with Crippen LogP contribution >= 0.6 is 0 Å². The second kappa shape index (κ2) is 4.49. The number of hydrogen-bond donors (Lipinski definition) is 0. The highest BCUT2D eigenvalue weighted by molar-refractivity contribution is 4.97. The molecule has 1 fully saturated rings. The zero-order valence-electron chi connectivity index (χ0n) is 7.84. The maximum absolute atomic E-state index is 3.97. The monoisotopic (exact) mass is 163 g/mol. The van der Waals surface area contributed by atoms with Crippen LogP contribution in [0.5, 0.6) is 0 Å². The van der Waals surface area contributed by atoms with Crippen molar-refractivity contribution in [2.75, 3.05) is 0 Å². The summed E-state index contributed by atoms with van der Waals surface area (Å²) in [6.07, 6.45) is 9.13. The normalized spacial score (nSPS) is 35.9. The van der Waals surface area contributed by atoms with Crippen molar-refractivity contribution in [2.24, 2.45) is 17.8 Å². The minimum Gasteiger partial charge on any atom is -0.103 e. The fourth-order valence-electron chi connectivity index (χ4n) is 2.15. The van der Waals surface area contributed by atoms with Crippen molar-refractivity contribution in [1.29, 1.82) is 0 Å². The third kappa shape index (κ3) is 2.00. The van der Waals surface area contributed by atoms with E-state index in [2.05, 4.69) is 32.2 Å². The van der Waals surface area contributed by atoms with Crippen molar-refractivity contribution in [1.82, 2.24) is 0 Å². The minimum atomic E-state index is 0.656. The van der Waals surface area contributed by atoms with Gasteiger partial charge in [0.15, 0.2) is 0 Å². The molecule has 0 aliphatic heterocycles. The first-order valence-corrected chi connectivity index (χ1v) is 4.86. The van der Waals surface area contributed by atoms with Crippen LogP contribution in [-0.2, 0) is 0 Å². The molecule has 0 bridgehead atoms. The van der Waals surface area contributed by atoms with E-state index >= 15 is 0 Å². The maximum atomic E-state index is 3.97. The van der Waals surface area contributed by atoms with Crippen molar-refractivity contribution in [3.8, 4) is 0 Å². The van der Waals surface area contributed by atoms with Crippen molar-refractivity contribution in [2.45, 2.75) is 25.7 Å². The van der Waals surface area contributed by atoms with E-state index in [9.17, 15) is 0 Å². The Kier molecular flexibility index (Phi) is 3.58. The zero-order chi connectivity index (χ0) is 8.97. The third-order valence-electron chi connectivity index (χ3n) is 3.08. The quantitative estimate of drug-likeness (QED) is 0.557. The SMILES string of the molecule is [CH2]CC1CCC(C=C)C(C=C)C1. The Hall–Kier alpha value is -0.520. The van der Waals surface area contributed by atoms with Gasteiger partial charge in [-0.3, -0.25) is 0 Å². The largest absolute Gasteiger partial charge is 0.103 e. The van der Waals surface area contributed by atoms with E-state index in [1.54, 1.807) is 0 Å². The minimum absolute atomic E-state index is 0.656. The second-order valence-electron chi connectivity index (χ2n) is 3.77. The third-order valence-corrected chi connectivity index (χ3v) is 3.08. The van der Waals surface area contributed by atoms with Crippen LogP contribution in [0.1, 0.15) is 25.7 Å². The molecule has 0 spiro atoms. The summed E-state index contributed by atoms with van der Waals surface area (Å²) >= 11 is 0. The first-order chi connectivity index (χ1) is 5.81. The summed E-state index contributed by atoms with van der Waals surface area (Å²) in [4.78, 5) is 0. The molecule has 0 N–H and O–H groups in total. The molecule has 0 amide bonds. The molecule has 0 aromatic heterocycles. The van der Waals surface area contributed by atoms with E-state index in [1.165, 1.54) is 19.3 Å². The molecule has 3 atom stereocenters.